The van der Waals surface area contributed by atoms with Crippen LogP contribution >= 0.6 is 0 Å². The van der Waals surface area contributed by atoms with E-state index in [1.165, 1.54) is 0 Å². The van der Waals surface area contributed by atoms with Crippen molar-refractivity contribution >= 4 is 67.9 Å². The van der Waals surface area contributed by atoms with Crippen molar-refractivity contribution in [3.63, 3.8) is 0 Å². The van der Waals surface area contributed by atoms with E-state index in [0.717, 1.165) is 32.9 Å². The lowest BCUT2D eigenvalue weighted by atomic mass is 10.1. The van der Waals surface area contributed by atoms with Crippen LogP contribution in [0.1, 0.15) is 60.2 Å². The molecule has 8 heteroatoms. The number of unbranched alkanes of at least 4 members (excludes halogenated alkanes) is 1. The summed E-state index contributed by atoms with van der Waals surface area (Å²) in [7, 11) is 0. The number of amides is 4. The molecule has 0 aromatic heterocycles. The normalized spacial score (nSPS) is 10.9. The highest BCUT2D eigenvalue weighted by atomic mass is 16.2. The molecule has 0 aliphatic rings. The molecule has 0 bridgehead atoms. The smallest absolute Gasteiger partial charge is 0.258 e. The van der Waals surface area contributed by atoms with Gasteiger partial charge in [-0.2, -0.15) is 0 Å². The number of rotatable bonds is 13. The molecule has 262 valence electrons. The summed E-state index contributed by atoms with van der Waals surface area (Å²) in [4.78, 5) is 55.7. The number of carbonyl (C=O) groups is 4. The summed E-state index contributed by atoms with van der Waals surface area (Å²) in [6.45, 7) is 4.93. The van der Waals surface area contributed by atoms with Crippen molar-refractivity contribution in [2.45, 2.75) is 39.5 Å². The van der Waals surface area contributed by atoms with E-state index < -0.39 is 0 Å². The first kappa shape index (κ1) is 35.5. The highest BCUT2D eigenvalue weighted by molar-refractivity contribution is 6.12. The van der Waals surface area contributed by atoms with Gasteiger partial charge in [-0.05, 0) is 98.1 Å². The molecule has 0 unspecified atom stereocenters. The van der Waals surface area contributed by atoms with Crippen molar-refractivity contribution in [2.24, 2.45) is 0 Å². The number of hydrogen-bond donors (Lipinski definition) is 2. The van der Waals surface area contributed by atoms with Gasteiger partial charge >= 0.3 is 0 Å². The molecule has 6 rings (SSSR count). The Labute approximate surface area is 304 Å². The Morgan fingerprint density at radius 1 is 0.462 bits per heavy atom. The Kier molecular flexibility index (Phi) is 11.4. The summed E-state index contributed by atoms with van der Waals surface area (Å²) in [6, 6.07) is 41.7. The zero-order valence-corrected chi connectivity index (χ0v) is 29.5. The zero-order chi connectivity index (χ0) is 36.5. The summed E-state index contributed by atoms with van der Waals surface area (Å²) in [5.41, 5.74) is 3.99. The standard InChI is InChI=1S/C44H42N4O4/c1-3-47(39-19-11-15-31-13-5-7-17-37(31)39)43(51)33-23-27-35(28-24-33)45-41(49)21-9-10-22-42(50)46-36-29-25-34(26-30-36)44(52)48(4-2)40-20-12-16-32-14-6-8-18-38(32)40/h5-8,11-20,23-30H,3-4,9-10,21-22H2,1-2H3,(H,45,49)(H,46,50). The fourth-order valence-corrected chi connectivity index (χ4v) is 6.46. The maximum absolute atomic E-state index is 13.5. The lowest BCUT2D eigenvalue weighted by molar-refractivity contribution is -0.118. The van der Waals surface area contributed by atoms with Gasteiger partial charge in [0.25, 0.3) is 11.8 Å². The van der Waals surface area contributed by atoms with Gasteiger partial charge in [-0.15, -0.1) is 0 Å². The van der Waals surface area contributed by atoms with Crippen molar-refractivity contribution in [3.05, 3.63) is 145 Å². The van der Waals surface area contributed by atoms with E-state index in [9.17, 15) is 19.2 Å². The molecule has 0 fully saturated rings. The SMILES string of the molecule is CCN(C(=O)c1ccc(NC(=O)CCCCC(=O)Nc2ccc(C(=O)N(CC)c3cccc4ccccc34)cc2)cc1)c1cccc2ccccc12. The molecule has 0 radical (unpaired) electrons. The second kappa shape index (κ2) is 16.6. The zero-order valence-electron chi connectivity index (χ0n) is 29.5. The molecule has 0 aliphatic heterocycles. The summed E-state index contributed by atoms with van der Waals surface area (Å²) >= 11 is 0. The fourth-order valence-electron chi connectivity index (χ4n) is 6.46. The van der Waals surface area contributed by atoms with Gasteiger partial charge in [-0.25, -0.2) is 0 Å². The highest BCUT2D eigenvalue weighted by Crippen LogP contribution is 2.29. The van der Waals surface area contributed by atoms with Crippen LogP contribution in [0.3, 0.4) is 0 Å². The predicted octanol–water partition coefficient (Wildman–Crippen LogP) is 9.46. The molecular formula is C44H42N4O4. The van der Waals surface area contributed by atoms with Gasteiger partial charge in [-0.1, -0.05) is 72.8 Å². The van der Waals surface area contributed by atoms with Gasteiger partial charge < -0.3 is 20.4 Å². The molecule has 0 saturated heterocycles. The molecule has 52 heavy (non-hydrogen) atoms. The second-order valence-electron chi connectivity index (χ2n) is 12.6. The third-order valence-corrected chi connectivity index (χ3v) is 9.13. The van der Waals surface area contributed by atoms with Crippen LogP contribution in [0, 0.1) is 0 Å². The van der Waals surface area contributed by atoms with Gasteiger partial charge in [0.15, 0.2) is 0 Å². The fraction of sp³-hybridized carbons (Fsp3) is 0.182. The Balaban J connectivity index is 0.947. The molecule has 6 aromatic carbocycles. The minimum atomic E-state index is -0.157. The largest absolute Gasteiger partial charge is 0.326 e. The maximum Gasteiger partial charge on any atom is 0.258 e. The van der Waals surface area contributed by atoms with Crippen molar-refractivity contribution in [1.29, 1.82) is 0 Å². The van der Waals surface area contributed by atoms with Gasteiger partial charge in [0.1, 0.15) is 0 Å². The van der Waals surface area contributed by atoms with Crippen LogP contribution in [0.4, 0.5) is 22.7 Å². The number of nitrogens with zero attached hydrogens (tertiary/aromatic N) is 2. The Hall–Kier alpha value is -6.28. The van der Waals surface area contributed by atoms with E-state index >= 15 is 0 Å². The minimum absolute atomic E-state index is 0.112. The van der Waals surface area contributed by atoms with E-state index in [2.05, 4.69) is 10.6 Å². The van der Waals surface area contributed by atoms with Crippen LogP contribution in [-0.4, -0.2) is 36.7 Å². The summed E-state index contributed by atoms with van der Waals surface area (Å²) in [5.74, 6) is -0.537. The number of carbonyl (C=O) groups excluding carboxylic acids is 4. The van der Waals surface area contributed by atoms with E-state index in [4.69, 9.17) is 0 Å². The van der Waals surface area contributed by atoms with Crippen LogP contribution in [-0.2, 0) is 9.59 Å². The molecule has 0 atom stereocenters. The van der Waals surface area contributed by atoms with Crippen molar-refractivity contribution in [3.8, 4) is 0 Å². The van der Waals surface area contributed by atoms with Crippen LogP contribution in [0.2, 0.25) is 0 Å². The topological polar surface area (TPSA) is 98.8 Å². The number of nitrogens with one attached hydrogen (secondary N) is 2. The predicted molar refractivity (Wildman–Crippen MR) is 211 cm³/mol. The molecule has 0 spiro atoms. The average molecular weight is 691 g/mol. The van der Waals surface area contributed by atoms with Gasteiger partial charge in [-0.3, -0.25) is 19.2 Å². The van der Waals surface area contributed by atoms with Crippen LogP contribution in [0.25, 0.3) is 21.5 Å². The summed E-state index contributed by atoms with van der Waals surface area (Å²) in [6.07, 6.45) is 1.61. The number of benzene rings is 6. The molecule has 2 N–H and O–H groups in total. The molecule has 4 amide bonds. The maximum atomic E-state index is 13.5. The summed E-state index contributed by atoms with van der Waals surface area (Å²) < 4.78 is 0. The third-order valence-electron chi connectivity index (χ3n) is 9.13. The van der Waals surface area contributed by atoms with E-state index in [1.54, 1.807) is 58.3 Å². The molecule has 0 aliphatic carbocycles. The average Bonchev–Trinajstić information content (AvgIpc) is 3.18. The third kappa shape index (κ3) is 8.19. The second-order valence-corrected chi connectivity index (χ2v) is 12.6. The molecular weight excluding hydrogens is 649 g/mol. The van der Waals surface area contributed by atoms with Gasteiger partial charge in [0, 0.05) is 59.2 Å². The molecule has 6 aromatic rings. The first-order valence-electron chi connectivity index (χ1n) is 17.8. The number of fused-ring (bicyclic) bond motifs is 2. The van der Waals surface area contributed by atoms with Crippen LogP contribution in [0.5, 0.6) is 0 Å². The quantitative estimate of drug-likeness (QED) is 0.118. The van der Waals surface area contributed by atoms with E-state index in [1.807, 2.05) is 98.8 Å². The number of hydrogen-bond acceptors (Lipinski definition) is 4. The lowest BCUT2D eigenvalue weighted by Gasteiger charge is -2.23. The minimum Gasteiger partial charge on any atom is -0.326 e. The van der Waals surface area contributed by atoms with Crippen molar-refractivity contribution in [2.75, 3.05) is 33.5 Å². The lowest BCUT2D eigenvalue weighted by Crippen LogP contribution is -2.30. The number of anilines is 4. The molecule has 0 saturated carbocycles. The van der Waals surface area contributed by atoms with Gasteiger partial charge in [0.05, 0.1) is 11.4 Å². The molecule has 8 nitrogen and oxygen atoms in total. The van der Waals surface area contributed by atoms with Crippen LogP contribution in [0.15, 0.2) is 133 Å². The van der Waals surface area contributed by atoms with Crippen LogP contribution < -0.4 is 20.4 Å². The van der Waals surface area contributed by atoms with Crippen molar-refractivity contribution in [1.82, 2.24) is 0 Å². The first-order chi connectivity index (χ1) is 25.4. The van der Waals surface area contributed by atoms with E-state index in [-0.39, 0.29) is 36.5 Å². The van der Waals surface area contributed by atoms with Crippen molar-refractivity contribution < 1.29 is 19.2 Å². The first-order valence-corrected chi connectivity index (χ1v) is 17.8. The monoisotopic (exact) mass is 690 g/mol. The molecule has 0 heterocycles. The van der Waals surface area contributed by atoms with E-state index in [0.29, 0.717) is 48.4 Å². The Morgan fingerprint density at radius 3 is 1.21 bits per heavy atom. The van der Waals surface area contributed by atoms with Gasteiger partial charge in [0.2, 0.25) is 11.8 Å². The summed E-state index contributed by atoms with van der Waals surface area (Å²) in [5, 5.41) is 9.94. The Bertz CT molecular complexity index is 2040. The Morgan fingerprint density at radius 2 is 0.827 bits per heavy atom. The highest BCUT2D eigenvalue weighted by Gasteiger charge is 2.20.